The number of nitrogens with one attached hydrogen (secondary N) is 1. The molecule has 2 saturated heterocycles. The molecule has 1 aromatic heterocycles. The monoisotopic (exact) mass is 352 g/mol. The molecule has 134 valence electrons. The van der Waals surface area contributed by atoms with Crippen molar-refractivity contribution in [1.82, 2.24) is 30.2 Å². The summed E-state index contributed by atoms with van der Waals surface area (Å²) in [6.45, 7) is 9.10. The highest BCUT2D eigenvalue weighted by atomic mass is 32.1. The van der Waals surface area contributed by atoms with Gasteiger partial charge in [0.25, 0.3) is 5.91 Å². The molecular weight excluding hydrogens is 324 g/mol. The van der Waals surface area contributed by atoms with E-state index in [9.17, 15) is 4.79 Å². The van der Waals surface area contributed by atoms with Crippen molar-refractivity contribution in [3.63, 3.8) is 0 Å². The molecule has 3 heterocycles. The van der Waals surface area contributed by atoms with Crippen LogP contribution in [0.1, 0.15) is 34.1 Å². The van der Waals surface area contributed by atoms with Gasteiger partial charge in [-0.3, -0.25) is 9.69 Å². The third-order valence-corrected chi connectivity index (χ3v) is 5.70. The summed E-state index contributed by atoms with van der Waals surface area (Å²) in [4.78, 5) is 19.5. The van der Waals surface area contributed by atoms with Crippen molar-refractivity contribution >= 4 is 17.2 Å². The Balaban J connectivity index is 1.38. The number of likely N-dealkylation sites (tertiary alicyclic amines) is 1. The van der Waals surface area contributed by atoms with Gasteiger partial charge in [0.05, 0.1) is 0 Å². The van der Waals surface area contributed by atoms with Gasteiger partial charge < -0.3 is 15.1 Å². The lowest BCUT2D eigenvalue weighted by Gasteiger charge is -2.34. The Morgan fingerprint density at radius 2 is 1.71 bits per heavy atom. The van der Waals surface area contributed by atoms with Crippen molar-refractivity contribution in [2.45, 2.75) is 25.8 Å². The van der Waals surface area contributed by atoms with Crippen LogP contribution in [0.4, 0.5) is 0 Å². The van der Waals surface area contributed by atoms with Gasteiger partial charge in [0.2, 0.25) is 5.01 Å². The Bertz CT molecular complexity index is 522. The highest BCUT2D eigenvalue weighted by molar-refractivity contribution is 7.13. The first-order chi connectivity index (χ1) is 11.8. The lowest BCUT2D eigenvalue weighted by molar-refractivity contribution is 0.0631. The number of piperazine rings is 1. The molecule has 2 fully saturated rings. The summed E-state index contributed by atoms with van der Waals surface area (Å²) in [5.41, 5.74) is 0. The van der Waals surface area contributed by atoms with Crippen molar-refractivity contribution in [1.29, 1.82) is 0 Å². The molecule has 7 nitrogen and oxygen atoms in total. The SMILES string of the molecule is CNCc1nnc(C(=O)N2CCN(CCCN3CCCC3)CC2)s1. The number of rotatable bonds is 7. The number of nitrogens with zero attached hydrogens (tertiary/aromatic N) is 5. The van der Waals surface area contributed by atoms with Gasteiger partial charge in [-0.05, 0) is 52.5 Å². The standard InChI is InChI=1S/C16H28N6OS/c1-17-13-14-18-19-15(24-14)16(23)22-11-9-21(10-12-22)8-4-7-20-5-2-3-6-20/h17H,2-13H2,1H3. The molecule has 3 rings (SSSR count). The molecule has 2 aliphatic rings. The van der Waals surface area contributed by atoms with E-state index in [0.717, 1.165) is 37.7 Å². The second kappa shape index (κ2) is 8.84. The first-order valence-corrected chi connectivity index (χ1v) is 9.79. The summed E-state index contributed by atoms with van der Waals surface area (Å²) in [6, 6.07) is 0. The highest BCUT2D eigenvalue weighted by Crippen LogP contribution is 2.14. The van der Waals surface area contributed by atoms with E-state index in [1.807, 2.05) is 11.9 Å². The van der Waals surface area contributed by atoms with E-state index in [1.165, 1.54) is 50.2 Å². The average Bonchev–Trinajstić information content (AvgIpc) is 3.27. The predicted molar refractivity (Wildman–Crippen MR) is 95.3 cm³/mol. The van der Waals surface area contributed by atoms with Gasteiger partial charge in [-0.1, -0.05) is 11.3 Å². The van der Waals surface area contributed by atoms with Crippen LogP contribution in [0.25, 0.3) is 0 Å². The van der Waals surface area contributed by atoms with Crippen LogP contribution in [0.15, 0.2) is 0 Å². The average molecular weight is 353 g/mol. The second-order valence-corrected chi connectivity index (χ2v) is 7.63. The van der Waals surface area contributed by atoms with E-state index in [0.29, 0.717) is 11.6 Å². The van der Waals surface area contributed by atoms with E-state index < -0.39 is 0 Å². The van der Waals surface area contributed by atoms with Crippen molar-refractivity contribution in [2.75, 3.05) is 59.4 Å². The first-order valence-electron chi connectivity index (χ1n) is 8.97. The van der Waals surface area contributed by atoms with E-state index in [2.05, 4.69) is 25.3 Å². The summed E-state index contributed by atoms with van der Waals surface area (Å²) in [6.07, 6.45) is 3.96. The third-order valence-electron chi connectivity index (χ3n) is 4.78. The van der Waals surface area contributed by atoms with Crippen LogP contribution in [-0.2, 0) is 6.54 Å². The summed E-state index contributed by atoms with van der Waals surface area (Å²) in [5.74, 6) is 0.0339. The minimum Gasteiger partial charge on any atom is -0.334 e. The minimum absolute atomic E-state index is 0.0339. The molecule has 1 N–H and O–H groups in total. The minimum atomic E-state index is 0.0339. The van der Waals surface area contributed by atoms with Gasteiger partial charge in [0.15, 0.2) is 0 Å². The normalized spacial score (nSPS) is 20.0. The lowest BCUT2D eigenvalue weighted by atomic mass is 10.2. The molecule has 24 heavy (non-hydrogen) atoms. The Kier molecular flexibility index (Phi) is 6.53. The van der Waals surface area contributed by atoms with Crippen LogP contribution in [0.5, 0.6) is 0 Å². The van der Waals surface area contributed by atoms with Gasteiger partial charge in [-0.25, -0.2) is 0 Å². The van der Waals surface area contributed by atoms with Crippen molar-refractivity contribution < 1.29 is 4.79 Å². The first kappa shape index (κ1) is 17.7. The molecule has 0 saturated carbocycles. The maximum absolute atomic E-state index is 12.5. The van der Waals surface area contributed by atoms with E-state index in [4.69, 9.17) is 0 Å². The summed E-state index contributed by atoms with van der Waals surface area (Å²) < 4.78 is 0. The molecule has 0 unspecified atom stereocenters. The Labute approximate surface area is 148 Å². The molecular formula is C16H28N6OS. The topological polar surface area (TPSA) is 64.6 Å². The summed E-state index contributed by atoms with van der Waals surface area (Å²) >= 11 is 1.39. The van der Waals surface area contributed by atoms with Crippen LogP contribution in [-0.4, -0.2) is 90.2 Å². The Morgan fingerprint density at radius 3 is 2.38 bits per heavy atom. The summed E-state index contributed by atoms with van der Waals surface area (Å²) in [7, 11) is 1.87. The largest absolute Gasteiger partial charge is 0.334 e. The Hall–Kier alpha value is -1.09. The van der Waals surface area contributed by atoms with Crippen molar-refractivity contribution in [2.24, 2.45) is 0 Å². The van der Waals surface area contributed by atoms with Gasteiger partial charge >= 0.3 is 0 Å². The van der Waals surface area contributed by atoms with Crippen LogP contribution in [0.2, 0.25) is 0 Å². The van der Waals surface area contributed by atoms with Gasteiger partial charge in [0, 0.05) is 32.7 Å². The highest BCUT2D eigenvalue weighted by Gasteiger charge is 2.24. The molecule has 0 aromatic carbocycles. The van der Waals surface area contributed by atoms with Gasteiger partial charge in [-0.2, -0.15) is 0 Å². The Morgan fingerprint density at radius 1 is 1.04 bits per heavy atom. The van der Waals surface area contributed by atoms with Crippen LogP contribution >= 0.6 is 11.3 Å². The van der Waals surface area contributed by atoms with Crippen LogP contribution in [0.3, 0.4) is 0 Å². The number of hydrogen-bond acceptors (Lipinski definition) is 7. The van der Waals surface area contributed by atoms with Crippen molar-refractivity contribution in [3.8, 4) is 0 Å². The second-order valence-electron chi connectivity index (χ2n) is 6.57. The molecule has 1 aromatic rings. The number of hydrogen-bond donors (Lipinski definition) is 1. The molecule has 1 amide bonds. The number of carbonyl (C=O) groups is 1. The number of aromatic nitrogens is 2. The van der Waals surface area contributed by atoms with E-state index >= 15 is 0 Å². The maximum Gasteiger partial charge on any atom is 0.284 e. The van der Waals surface area contributed by atoms with Gasteiger partial charge in [-0.15, -0.1) is 10.2 Å². The lowest BCUT2D eigenvalue weighted by Crippen LogP contribution is -2.49. The molecule has 0 bridgehead atoms. The fraction of sp³-hybridized carbons (Fsp3) is 0.812. The molecule has 0 aliphatic carbocycles. The van der Waals surface area contributed by atoms with Crippen LogP contribution < -0.4 is 5.32 Å². The maximum atomic E-state index is 12.5. The third kappa shape index (κ3) is 4.72. The molecule has 2 aliphatic heterocycles. The molecule has 0 spiro atoms. The predicted octanol–water partition coefficient (Wildman–Crippen LogP) is 0.501. The van der Waals surface area contributed by atoms with E-state index in [1.54, 1.807) is 0 Å². The van der Waals surface area contributed by atoms with Crippen LogP contribution in [0, 0.1) is 0 Å². The molecule has 8 heteroatoms. The zero-order valence-electron chi connectivity index (χ0n) is 14.5. The van der Waals surface area contributed by atoms with E-state index in [-0.39, 0.29) is 5.91 Å². The smallest absolute Gasteiger partial charge is 0.284 e. The van der Waals surface area contributed by atoms with Crippen molar-refractivity contribution in [3.05, 3.63) is 10.0 Å². The number of amides is 1. The summed E-state index contributed by atoms with van der Waals surface area (Å²) in [5, 5.41) is 12.5. The zero-order chi connectivity index (χ0) is 16.8. The fourth-order valence-electron chi connectivity index (χ4n) is 3.40. The zero-order valence-corrected chi connectivity index (χ0v) is 15.4. The molecule has 0 radical (unpaired) electrons. The molecule has 0 atom stereocenters. The quantitative estimate of drug-likeness (QED) is 0.771. The number of carbonyl (C=O) groups excluding carboxylic acids is 1. The fourth-order valence-corrected chi connectivity index (χ4v) is 4.22. The van der Waals surface area contributed by atoms with Gasteiger partial charge in [0.1, 0.15) is 5.01 Å².